The van der Waals surface area contributed by atoms with E-state index in [1.807, 2.05) is 13.8 Å². The standard InChI is InChI=1S/C17H19N3O2S/c1-11(2)13-9-8-12(3)15(10-13)18-19-17-14-6-4-5-7-16(14)23(21,22)20-17/h4-8,13H,1,9-10H2,2-3H3,(H,19,20)/t13-/m1/s1. The summed E-state index contributed by atoms with van der Waals surface area (Å²) in [5, 5.41) is 4.41. The molecular weight excluding hydrogens is 310 g/mol. The van der Waals surface area contributed by atoms with Crippen molar-refractivity contribution in [1.29, 1.82) is 0 Å². The van der Waals surface area contributed by atoms with Crippen LogP contribution in [0.1, 0.15) is 32.3 Å². The molecular formula is C17H19N3O2S. The van der Waals surface area contributed by atoms with E-state index in [2.05, 4.69) is 27.6 Å². The normalized spacial score (nSPS) is 23.9. The first-order valence-electron chi connectivity index (χ1n) is 7.48. The Morgan fingerprint density at radius 1 is 1.39 bits per heavy atom. The second-order valence-electron chi connectivity index (χ2n) is 5.95. The number of amidine groups is 1. The number of rotatable bonds is 2. The molecule has 0 fully saturated rings. The maximum Gasteiger partial charge on any atom is 0.285 e. The fourth-order valence-corrected chi connectivity index (χ4v) is 3.90. The quantitative estimate of drug-likeness (QED) is 0.670. The lowest BCUT2D eigenvalue weighted by Gasteiger charge is -2.22. The first kappa shape index (κ1) is 15.7. The average molecular weight is 329 g/mol. The van der Waals surface area contributed by atoms with E-state index in [0.29, 0.717) is 11.5 Å². The van der Waals surface area contributed by atoms with Gasteiger partial charge in [-0.1, -0.05) is 30.4 Å². The molecule has 0 bridgehead atoms. The molecule has 2 aliphatic rings. The number of nitrogens with zero attached hydrogens (tertiary/aromatic N) is 2. The van der Waals surface area contributed by atoms with Gasteiger partial charge in [-0.2, -0.15) is 13.5 Å². The minimum atomic E-state index is -3.62. The summed E-state index contributed by atoms with van der Waals surface area (Å²) < 4.78 is 27.8. The molecule has 1 heterocycles. The third-order valence-corrected chi connectivity index (χ3v) is 5.56. The fourth-order valence-electron chi connectivity index (χ4n) is 2.73. The second-order valence-corrected chi connectivity index (χ2v) is 7.52. The number of hydrazone groups is 1. The van der Waals surface area contributed by atoms with Crippen molar-refractivity contribution >= 4 is 21.6 Å². The summed E-state index contributed by atoms with van der Waals surface area (Å²) in [6.07, 6.45) is 3.91. The molecule has 23 heavy (non-hydrogen) atoms. The Morgan fingerprint density at radius 3 is 2.87 bits per heavy atom. The van der Waals surface area contributed by atoms with Crippen LogP contribution in [0, 0.1) is 5.92 Å². The summed E-state index contributed by atoms with van der Waals surface area (Å²) in [5.41, 5.74) is 6.55. The Labute approximate surface area is 136 Å². The largest absolute Gasteiger partial charge is 0.285 e. The van der Waals surface area contributed by atoms with Gasteiger partial charge >= 0.3 is 0 Å². The number of benzene rings is 1. The van der Waals surface area contributed by atoms with Crippen LogP contribution >= 0.6 is 0 Å². The molecule has 3 rings (SSSR count). The van der Waals surface area contributed by atoms with E-state index in [-0.39, 0.29) is 10.7 Å². The van der Waals surface area contributed by atoms with E-state index in [0.717, 1.165) is 29.7 Å². The number of hydrogen-bond donors (Lipinski definition) is 1. The first-order chi connectivity index (χ1) is 10.9. The number of sulfonamides is 1. The van der Waals surface area contributed by atoms with Crippen molar-refractivity contribution in [2.45, 2.75) is 31.6 Å². The second kappa shape index (κ2) is 5.77. The Morgan fingerprint density at radius 2 is 2.13 bits per heavy atom. The van der Waals surface area contributed by atoms with Gasteiger partial charge in [-0.15, -0.1) is 4.40 Å². The topological polar surface area (TPSA) is 70.9 Å². The molecule has 0 spiro atoms. The van der Waals surface area contributed by atoms with Crippen molar-refractivity contribution < 1.29 is 8.42 Å². The lowest BCUT2D eigenvalue weighted by atomic mass is 9.85. The van der Waals surface area contributed by atoms with Crippen LogP contribution in [0.25, 0.3) is 0 Å². The van der Waals surface area contributed by atoms with E-state index in [1.165, 1.54) is 0 Å². The maximum atomic E-state index is 12.0. The van der Waals surface area contributed by atoms with E-state index < -0.39 is 10.0 Å². The molecule has 0 radical (unpaired) electrons. The Kier molecular flexibility index (Phi) is 3.93. The minimum Gasteiger partial charge on any atom is -0.260 e. The third-order valence-electron chi connectivity index (χ3n) is 4.23. The Hall–Kier alpha value is -2.21. The molecule has 0 amide bonds. The van der Waals surface area contributed by atoms with Gasteiger partial charge in [0.05, 0.1) is 5.71 Å². The minimum absolute atomic E-state index is 0.221. The molecule has 0 saturated heterocycles. The van der Waals surface area contributed by atoms with Gasteiger partial charge in [-0.25, -0.2) is 0 Å². The third kappa shape index (κ3) is 2.99. The van der Waals surface area contributed by atoms with Crippen molar-refractivity contribution in [3.63, 3.8) is 0 Å². The Balaban J connectivity index is 1.88. The summed E-state index contributed by atoms with van der Waals surface area (Å²) in [7, 11) is -3.62. The van der Waals surface area contributed by atoms with Gasteiger partial charge in [0.25, 0.3) is 10.0 Å². The molecule has 0 aromatic heterocycles. The van der Waals surface area contributed by atoms with Crippen LogP contribution in [0.3, 0.4) is 0 Å². The molecule has 1 atom stereocenters. The SMILES string of the molecule is C=C(C)[C@@H]1CC=C(C)C(=NNC2=NS(=O)(=O)c3ccccc32)C1. The maximum absolute atomic E-state index is 12.0. The molecule has 1 aromatic rings. The Bertz CT molecular complexity index is 864. The van der Waals surface area contributed by atoms with Crippen LogP contribution in [-0.4, -0.2) is 20.0 Å². The highest BCUT2D eigenvalue weighted by atomic mass is 32.2. The zero-order chi connectivity index (χ0) is 16.6. The van der Waals surface area contributed by atoms with Crippen LogP contribution in [-0.2, 0) is 10.0 Å². The molecule has 0 saturated carbocycles. The zero-order valence-electron chi connectivity index (χ0n) is 13.2. The number of allylic oxidation sites excluding steroid dienone is 3. The lowest BCUT2D eigenvalue weighted by molar-refractivity contribution is 0.599. The van der Waals surface area contributed by atoms with Gasteiger partial charge in [-0.3, -0.25) is 5.43 Å². The number of fused-ring (bicyclic) bond motifs is 1. The van der Waals surface area contributed by atoms with Gasteiger partial charge in [0.1, 0.15) is 4.90 Å². The van der Waals surface area contributed by atoms with E-state index >= 15 is 0 Å². The van der Waals surface area contributed by atoms with E-state index in [9.17, 15) is 8.42 Å². The van der Waals surface area contributed by atoms with Crippen LogP contribution in [0.2, 0.25) is 0 Å². The van der Waals surface area contributed by atoms with Gasteiger partial charge in [0.15, 0.2) is 5.84 Å². The summed E-state index contributed by atoms with van der Waals surface area (Å²) in [6.45, 7) is 8.05. The van der Waals surface area contributed by atoms with Gasteiger partial charge in [0, 0.05) is 5.56 Å². The summed E-state index contributed by atoms with van der Waals surface area (Å²) in [5.74, 6) is 0.652. The molecule has 1 aliphatic carbocycles. The van der Waals surface area contributed by atoms with Crippen molar-refractivity contribution in [1.82, 2.24) is 5.43 Å². The molecule has 1 aliphatic heterocycles. The van der Waals surface area contributed by atoms with Crippen LogP contribution < -0.4 is 5.43 Å². The monoisotopic (exact) mass is 329 g/mol. The van der Waals surface area contributed by atoms with Crippen molar-refractivity contribution in [2.24, 2.45) is 15.4 Å². The van der Waals surface area contributed by atoms with Gasteiger partial charge < -0.3 is 0 Å². The summed E-state index contributed by atoms with van der Waals surface area (Å²) in [4.78, 5) is 0.221. The first-order valence-corrected chi connectivity index (χ1v) is 8.92. The lowest BCUT2D eigenvalue weighted by Crippen LogP contribution is -2.23. The molecule has 1 aromatic carbocycles. The predicted octanol–water partition coefficient (Wildman–Crippen LogP) is 3.01. The smallest absolute Gasteiger partial charge is 0.260 e. The molecule has 5 nitrogen and oxygen atoms in total. The molecule has 1 N–H and O–H groups in total. The molecule has 120 valence electrons. The highest BCUT2D eigenvalue weighted by Crippen LogP contribution is 2.27. The highest BCUT2D eigenvalue weighted by Gasteiger charge is 2.28. The highest BCUT2D eigenvalue weighted by molar-refractivity contribution is 7.90. The molecule has 0 unspecified atom stereocenters. The van der Waals surface area contributed by atoms with Gasteiger partial charge in [0.2, 0.25) is 0 Å². The number of hydrogen-bond acceptors (Lipinski definition) is 4. The van der Waals surface area contributed by atoms with Gasteiger partial charge in [-0.05, 0) is 50.3 Å². The van der Waals surface area contributed by atoms with Crippen LogP contribution in [0.5, 0.6) is 0 Å². The van der Waals surface area contributed by atoms with Crippen LogP contribution in [0.4, 0.5) is 0 Å². The number of nitrogens with one attached hydrogen (secondary N) is 1. The van der Waals surface area contributed by atoms with Crippen molar-refractivity contribution in [3.05, 3.63) is 53.6 Å². The summed E-state index contributed by atoms with van der Waals surface area (Å²) >= 11 is 0. The van der Waals surface area contributed by atoms with Crippen LogP contribution in [0.15, 0.2) is 62.5 Å². The fraction of sp³-hybridized carbons (Fsp3) is 0.294. The summed E-state index contributed by atoms with van der Waals surface area (Å²) in [6, 6.07) is 6.75. The van der Waals surface area contributed by atoms with E-state index in [4.69, 9.17) is 0 Å². The average Bonchev–Trinajstić information content (AvgIpc) is 2.78. The predicted molar refractivity (Wildman–Crippen MR) is 92.0 cm³/mol. The van der Waals surface area contributed by atoms with Crippen molar-refractivity contribution in [3.8, 4) is 0 Å². The van der Waals surface area contributed by atoms with E-state index in [1.54, 1.807) is 24.3 Å². The molecule has 6 heteroatoms. The van der Waals surface area contributed by atoms with Crippen molar-refractivity contribution in [2.75, 3.05) is 0 Å². The zero-order valence-corrected chi connectivity index (χ0v) is 14.0.